The summed E-state index contributed by atoms with van der Waals surface area (Å²) < 4.78 is 10.7. The van der Waals surface area contributed by atoms with Crippen molar-refractivity contribution in [2.75, 3.05) is 0 Å². The van der Waals surface area contributed by atoms with E-state index >= 15 is 0 Å². The van der Waals surface area contributed by atoms with Crippen LogP contribution in [0.2, 0.25) is 0 Å². The molecule has 6 heteroatoms. The van der Waals surface area contributed by atoms with Crippen LogP contribution in [-0.2, 0) is 6.42 Å². The van der Waals surface area contributed by atoms with Crippen LogP contribution < -0.4 is 0 Å². The molecule has 0 saturated carbocycles. The third-order valence-corrected chi connectivity index (χ3v) is 3.38. The van der Waals surface area contributed by atoms with Crippen LogP contribution in [0.3, 0.4) is 0 Å². The summed E-state index contributed by atoms with van der Waals surface area (Å²) in [5, 5.41) is 11.9. The van der Waals surface area contributed by atoms with Crippen LogP contribution in [0.15, 0.2) is 33.2 Å². The molecule has 2 aromatic heterocycles. The molecule has 0 bridgehead atoms. The van der Waals surface area contributed by atoms with Crippen molar-refractivity contribution in [1.29, 1.82) is 0 Å². The number of aromatic nitrogens is 4. The zero-order valence-corrected chi connectivity index (χ0v) is 13.4. The van der Waals surface area contributed by atoms with E-state index in [4.69, 9.17) is 8.94 Å². The number of benzene rings is 1. The minimum Gasteiger partial charge on any atom is -0.421 e. The summed E-state index contributed by atoms with van der Waals surface area (Å²) in [4.78, 5) is 4.34. The van der Waals surface area contributed by atoms with Gasteiger partial charge in [0.25, 0.3) is 5.89 Å². The van der Waals surface area contributed by atoms with Gasteiger partial charge >= 0.3 is 0 Å². The highest BCUT2D eigenvalue weighted by Gasteiger charge is 2.09. The largest absolute Gasteiger partial charge is 0.421 e. The van der Waals surface area contributed by atoms with Crippen LogP contribution in [0, 0.1) is 0 Å². The molecule has 2 heterocycles. The second-order valence-corrected chi connectivity index (χ2v) is 5.47. The van der Waals surface area contributed by atoms with E-state index in [0.29, 0.717) is 23.5 Å². The molecule has 0 saturated heterocycles. The van der Waals surface area contributed by atoms with Gasteiger partial charge in [-0.1, -0.05) is 50.2 Å². The van der Waals surface area contributed by atoms with Gasteiger partial charge in [0.1, 0.15) is 0 Å². The normalized spacial score (nSPS) is 11.7. The number of nitrogens with zero attached hydrogens (tertiary/aromatic N) is 4. The summed E-state index contributed by atoms with van der Waals surface area (Å²) in [5.74, 6) is 2.17. The number of hydrogen-bond acceptors (Lipinski definition) is 6. The second-order valence-electron chi connectivity index (χ2n) is 5.47. The van der Waals surface area contributed by atoms with Crippen molar-refractivity contribution >= 4 is 12.2 Å². The summed E-state index contributed by atoms with van der Waals surface area (Å²) in [6.45, 7) is 6.11. The summed E-state index contributed by atoms with van der Waals surface area (Å²) in [5.41, 5.74) is 2.19. The minimum atomic E-state index is 0.200. The quantitative estimate of drug-likeness (QED) is 0.709. The predicted molar refractivity (Wildman–Crippen MR) is 86.4 cm³/mol. The fourth-order valence-electron chi connectivity index (χ4n) is 2.00. The van der Waals surface area contributed by atoms with Crippen molar-refractivity contribution in [3.8, 4) is 11.4 Å². The maximum atomic E-state index is 5.48. The first-order chi connectivity index (χ1) is 11.2. The molecule has 6 nitrogen and oxygen atoms in total. The van der Waals surface area contributed by atoms with Gasteiger partial charge in [-0.25, -0.2) is 0 Å². The maximum absolute atomic E-state index is 5.48. The van der Waals surface area contributed by atoms with Crippen LogP contribution in [0.25, 0.3) is 23.5 Å². The fraction of sp³-hybridized carbons (Fsp3) is 0.294. The Labute approximate surface area is 134 Å². The lowest BCUT2D eigenvalue weighted by atomic mass is 10.1. The highest BCUT2D eigenvalue weighted by Crippen LogP contribution is 2.18. The second kappa shape index (κ2) is 6.56. The van der Waals surface area contributed by atoms with Crippen molar-refractivity contribution < 1.29 is 8.94 Å². The molecule has 0 unspecified atom stereocenters. The molecule has 1 aromatic carbocycles. The first-order valence-electron chi connectivity index (χ1n) is 7.60. The first-order valence-corrected chi connectivity index (χ1v) is 7.60. The monoisotopic (exact) mass is 310 g/mol. The highest BCUT2D eigenvalue weighted by atomic mass is 16.5. The van der Waals surface area contributed by atoms with E-state index < -0.39 is 0 Å². The zero-order chi connectivity index (χ0) is 16.2. The van der Waals surface area contributed by atoms with Crippen molar-refractivity contribution in [3.05, 3.63) is 47.5 Å². The molecule has 0 fully saturated rings. The lowest BCUT2D eigenvalue weighted by Gasteiger charge is -1.96. The average molecular weight is 310 g/mol. The van der Waals surface area contributed by atoms with Crippen LogP contribution in [-0.4, -0.2) is 20.3 Å². The van der Waals surface area contributed by atoms with Crippen molar-refractivity contribution in [2.45, 2.75) is 33.1 Å². The Hall–Kier alpha value is -2.76. The van der Waals surface area contributed by atoms with E-state index in [2.05, 4.69) is 39.4 Å². The predicted octanol–water partition coefficient (Wildman–Crippen LogP) is 3.98. The van der Waals surface area contributed by atoms with E-state index in [1.54, 1.807) is 12.2 Å². The van der Waals surface area contributed by atoms with E-state index in [0.717, 1.165) is 12.0 Å². The zero-order valence-electron chi connectivity index (χ0n) is 13.4. The Kier molecular flexibility index (Phi) is 4.32. The Morgan fingerprint density at radius 1 is 1.04 bits per heavy atom. The van der Waals surface area contributed by atoms with E-state index in [-0.39, 0.29) is 5.92 Å². The number of aryl methyl sites for hydroxylation is 1. The number of rotatable bonds is 5. The number of hydrogen-bond donors (Lipinski definition) is 0. The van der Waals surface area contributed by atoms with Crippen LogP contribution >= 0.6 is 0 Å². The van der Waals surface area contributed by atoms with Gasteiger partial charge in [-0.05, 0) is 12.0 Å². The Morgan fingerprint density at radius 2 is 1.78 bits per heavy atom. The minimum absolute atomic E-state index is 0.200. The molecule has 118 valence electrons. The summed E-state index contributed by atoms with van der Waals surface area (Å²) in [7, 11) is 0. The van der Waals surface area contributed by atoms with Gasteiger partial charge in [0.15, 0.2) is 0 Å². The van der Waals surface area contributed by atoms with Gasteiger partial charge < -0.3 is 8.94 Å². The molecule has 0 spiro atoms. The smallest absolute Gasteiger partial charge is 0.251 e. The SMILES string of the molecule is CCc1ccc(-c2noc(C=Cc3nnc(C(C)C)o3)n2)cc1. The topological polar surface area (TPSA) is 77.8 Å². The molecule has 3 aromatic rings. The summed E-state index contributed by atoms with van der Waals surface area (Å²) in [6.07, 6.45) is 4.33. The van der Waals surface area contributed by atoms with Gasteiger partial charge in [-0.15, -0.1) is 10.2 Å². The molecule has 23 heavy (non-hydrogen) atoms. The van der Waals surface area contributed by atoms with E-state index in [1.165, 1.54) is 5.56 Å². The van der Waals surface area contributed by atoms with E-state index in [1.807, 2.05) is 26.0 Å². The first kappa shape index (κ1) is 15.1. The Morgan fingerprint density at radius 3 is 2.43 bits per heavy atom. The molecule has 0 aliphatic heterocycles. The third-order valence-electron chi connectivity index (χ3n) is 3.38. The van der Waals surface area contributed by atoms with E-state index in [9.17, 15) is 0 Å². The molecular formula is C17H18N4O2. The van der Waals surface area contributed by atoms with Gasteiger partial charge in [0.2, 0.25) is 17.6 Å². The Balaban J connectivity index is 1.74. The summed E-state index contributed by atoms with van der Waals surface area (Å²) >= 11 is 0. The van der Waals surface area contributed by atoms with Crippen LogP contribution in [0.5, 0.6) is 0 Å². The molecule has 0 atom stereocenters. The van der Waals surface area contributed by atoms with Gasteiger partial charge in [-0.2, -0.15) is 4.98 Å². The van der Waals surface area contributed by atoms with Crippen molar-refractivity contribution in [1.82, 2.24) is 20.3 Å². The lowest BCUT2D eigenvalue weighted by Crippen LogP contribution is -1.85. The maximum Gasteiger partial charge on any atom is 0.251 e. The van der Waals surface area contributed by atoms with Crippen molar-refractivity contribution in [2.24, 2.45) is 0 Å². The molecular weight excluding hydrogens is 292 g/mol. The molecule has 0 N–H and O–H groups in total. The fourth-order valence-corrected chi connectivity index (χ4v) is 2.00. The highest BCUT2D eigenvalue weighted by molar-refractivity contribution is 5.63. The van der Waals surface area contributed by atoms with Crippen molar-refractivity contribution in [3.63, 3.8) is 0 Å². The third kappa shape index (κ3) is 3.53. The average Bonchev–Trinajstić information content (AvgIpc) is 3.22. The lowest BCUT2D eigenvalue weighted by molar-refractivity contribution is 0.411. The van der Waals surface area contributed by atoms with Crippen LogP contribution in [0.1, 0.15) is 49.9 Å². The molecule has 3 rings (SSSR count). The van der Waals surface area contributed by atoms with Gasteiger partial charge in [0, 0.05) is 23.6 Å². The summed E-state index contributed by atoms with van der Waals surface area (Å²) in [6, 6.07) is 8.11. The Bertz CT molecular complexity index is 800. The molecule has 0 amide bonds. The molecule has 0 aliphatic carbocycles. The molecule has 0 aliphatic rings. The van der Waals surface area contributed by atoms with Gasteiger partial charge in [0.05, 0.1) is 0 Å². The standard InChI is InChI=1S/C17H18N4O2/c1-4-12-5-7-13(8-6-12)16-18-14(23-21-16)9-10-15-19-20-17(22-15)11(2)3/h5-11H,4H2,1-3H3. The molecule has 0 radical (unpaired) electrons. The van der Waals surface area contributed by atoms with Crippen LogP contribution in [0.4, 0.5) is 0 Å². The van der Waals surface area contributed by atoms with Gasteiger partial charge in [-0.3, -0.25) is 0 Å².